The minimum atomic E-state index is -0.542. The zero-order chi connectivity index (χ0) is 22.2. The molecule has 0 bridgehead atoms. The largest absolute Gasteiger partial charge is 0.352 e. The molecule has 0 aromatic heterocycles. The van der Waals surface area contributed by atoms with Crippen LogP contribution in [0.1, 0.15) is 49.3 Å². The molecule has 1 N–H and O–H groups in total. The summed E-state index contributed by atoms with van der Waals surface area (Å²) < 4.78 is 13.1. The van der Waals surface area contributed by atoms with Gasteiger partial charge in [-0.25, -0.2) is 4.39 Å². The van der Waals surface area contributed by atoms with E-state index in [1.807, 2.05) is 38.1 Å². The van der Waals surface area contributed by atoms with Gasteiger partial charge in [0.15, 0.2) is 0 Å². The van der Waals surface area contributed by atoms with Crippen molar-refractivity contribution in [3.63, 3.8) is 0 Å². The van der Waals surface area contributed by atoms with Crippen molar-refractivity contribution < 1.29 is 14.0 Å². The molecule has 0 saturated heterocycles. The second kappa shape index (κ2) is 11.3. The van der Waals surface area contributed by atoms with Crippen molar-refractivity contribution in [3.05, 3.63) is 71.0 Å². The predicted molar refractivity (Wildman–Crippen MR) is 124 cm³/mol. The number of thioether (sulfide) groups is 1. The van der Waals surface area contributed by atoms with E-state index in [1.54, 1.807) is 17.0 Å². The smallest absolute Gasteiger partial charge is 0.242 e. The Morgan fingerprint density at radius 2 is 1.84 bits per heavy atom. The number of benzene rings is 2. The van der Waals surface area contributed by atoms with Crippen molar-refractivity contribution in [2.24, 2.45) is 0 Å². The van der Waals surface area contributed by atoms with Crippen LogP contribution in [0.15, 0.2) is 48.5 Å². The molecule has 2 aromatic rings. The Labute approximate surface area is 188 Å². The maximum Gasteiger partial charge on any atom is 0.242 e. The van der Waals surface area contributed by atoms with Gasteiger partial charge in [-0.15, -0.1) is 11.8 Å². The normalized spacial score (nSPS) is 14.9. The van der Waals surface area contributed by atoms with E-state index in [-0.39, 0.29) is 29.4 Å². The summed E-state index contributed by atoms with van der Waals surface area (Å²) in [6, 6.07) is 14.0. The molecule has 6 heteroatoms. The molecule has 3 rings (SSSR count). The fraction of sp³-hybridized carbons (Fsp3) is 0.440. The maximum atomic E-state index is 13.1. The molecule has 1 atom stereocenters. The quantitative estimate of drug-likeness (QED) is 0.604. The first kappa shape index (κ1) is 23.3. The van der Waals surface area contributed by atoms with Crippen molar-refractivity contribution in [3.8, 4) is 0 Å². The molecule has 31 heavy (non-hydrogen) atoms. The molecular weight excluding hydrogens is 411 g/mol. The number of hydrogen-bond acceptors (Lipinski definition) is 3. The van der Waals surface area contributed by atoms with Crippen LogP contribution in [-0.4, -0.2) is 34.6 Å². The summed E-state index contributed by atoms with van der Waals surface area (Å²) in [7, 11) is 0. The molecule has 2 amide bonds. The Balaban J connectivity index is 1.65. The Bertz CT molecular complexity index is 881. The highest BCUT2D eigenvalue weighted by atomic mass is 32.2. The van der Waals surface area contributed by atoms with Gasteiger partial charge in [-0.2, -0.15) is 0 Å². The van der Waals surface area contributed by atoms with Gasteiger partial charge in [0.25, 0.3) is 0 Å². The maximum absolute atomic E-state index is 13.1. The molecule has 2 aromatic carbocycles. The summed E-state index contributed by atoms with van der Waals surface area (Å²) in [4.78, 5) is 27.7. The zero-order valence-corrected chi connectivity index (χ0v) is 19.1. The first-order valence-electron chi connectivity index (χ1n) is 10.9. The van der Waals surface area contributed by atoms with Gasteiger partial charge >= 0.3 is 0 Å². The first-order chi connectivity index (χ1) is 14.9. The predicted octanol–water partition coefficient (Wildman–Crippen LogP) is 4.84. The minimum Gasteiger partial charge on any atom is -0.352 e. The van der Waals surface area contributed by atoms with Crippen molar-refractivity contribution >= 4 is 23.6 Å². The van der Waals surface area contributed by atoms with Crippen LogP contribution in [0.25, 0.3) is 0 Å². The van der Waals surface area contributed by atoms with Crippen LogP contribution in [0.2, 0.25) is 0 Å². The molecule has 0 spiro atoms. The first-order valence-corrected chi connectivity index (χ1v) is 12.1. The van der Waals surface area contributed by atoms with Crippen LogP contribution in [0.5, 0.6) is 0 Å². The van der Waals surface area contributed by atoms with Crippen LogP contribution in [0.3, 0.4) is 0 Å². The van der Waals surface area contributed by atoms with Gasteiger partial charge in [0.05, 0.1) is 5.75 Å². The van der Waals surface area contributed by atoms with Crippen molar-refractivity contribution in [2.75, 3.05) is 5.75 Å². The topological polar surface area (TPSA) is 49.4 Å². The lowest BCUT2D eigenvalue weighted by atomic mass is 10.1. The Morgan fingerprint density at radius 1 is 1.13 bits per heavy atom. The monoisotopic (exact) mass is 442 g/mol. The van der Waals surface area contributed by atoms with E-state index < -0.39 is 6.04 Å². The average Bonchev–Trinajstić information content (AvgIpc) is 3.26. The third-order valence-corrected chi connectivity index (χ3v) is 6.70. The standard InChI is InChI=1S/C25H31FN2O2S/c1-18-6-5-7-21(14-18)15-28(19(2)25(30)27-23-8-3-4-9-23)24(29)17-31-16-20-10-12-22(26)13-11-20/h5-7,10-14,19,23H,3-4,8-9,15-17H2,1-2H3,(H,27,30)/t19-/m1/s1. The van der Waals surface area contributed by atoms with Crippen molar-refractivity contribution in [1.29, 1.82) is 0 Å². The van der Waals surface area contributed by atoms with Gasteiger partial charge in [-0.1, -0.05) is 54.8 Å². The van der Waals surface area contributed by atoms with E-state index in [0.717, 1.165) is 42.4 Å². The number of carbonyl (C=O) groups excluding carboxylic acids is 2. The third kappa shape index (κ3) is 7.10. The summed E-state index contributed by atoms with van der Waals surface area (Å²) in [5.41, 5.74) is 3.10. The number of aryl methyl sites for hydroxylation is 1. The van der Waals surface area contributed by atoms with Gasteiger partial charge in [0, 0.05) is 18.3 Å². The van der Waals surface area contributed by atoms with Crippen molar-refractivity contribution in [2.45, 2.75) is 63.9 Å². The lowest BCUT2D eigenvalue weighted by Gasteiger charge is -2.30. The summed E-state index contributed by atoms with van der Waals surface area (Å²) in [5, 5.41) is 3.12. The number of carbonyl (C=O) groups is 2. The number of amides is 2. The van der Waals surface area contributed by atoms with Crippen LogP contribution >= 0.6 is 11.8 Å². The molecule has 0 radical (unpaired) electrons. The van der Waals surface area contributed by atoms with E-state index in [4.69, 9.17) is 0 Å². The molecule has 1 fully saturated rings. The Kier molecular flexibility index (Phi) is 8.52. The van der Waals surface area contributed by atoms with E-state index in [1.165, 1.54) is 23.9 Å². The summed E-state index contributed by atoms with van der Waals surface area (Å²) >= 11 is 1.48. The van der Waals surface area contributed by atoms with E-state index in [2.05, 4.69) is 5.32 Å². The highest BCUT2D eigenvalue weighted by Crippen LogP contribution is 2.20. The number of hydrogen-bond donors (Lipinski definition) is 1. The number of nitrogens with zero attached hydrogens (tertiary/aromatic N) is 1. The summed E-state index contributed by atoms with van der Waals surface area (Å²) in [6.45, 7) is 4.23. The average molecular weight is 443 g/mol. The van der Waals surface area contributed by atoms with Gasteiger partial charge in [0.1, 0.15) is 11.9 Å². The molecule has 4 nitrogen and oxygen atoms in total. The van der Waals surface area contributed by atoms with E-state index in [9.17, 15) is 14.0 Å². The van der Waals surface area contributed by atoms with Crippen LogP contribution in [-0.2, 0) is 21.9 Å². The second-order valence-corrected chi connectivity index (χ2v) is 9.28. The highest BCUT2D eigenvalue weighted by Gasteiger charge is 2.28. The van der Waals surface area contributed by atoms with Gasteiger partial charge in [0.2, 0.25) is 11.8 Å². The minimum absolute atomic E-state index is 0.0670. The Hall–Kier alpha value is -2.34. The molecule has 166 valence electrons. The molecule has 0 aliphatic heterocycles. The number of nitrogens with one attached hydrogen (secondary N) is 1. The number of halogens is 1. The Morgan fingerprint density at radius 3 is 2.52 bits per heavy atom. The summed E-state index contributed by atoms with van der Waals surface area (Å²) in [6.07, 6.45) is 4.31. The van der Waals surface area contributed by atoms with Crippen LogP contribution in [0.4, 0.5) is 4.39 Å². The molecule has 1 saturated carbocycles. The molecule has 0 heterocycles. The van der Waals surface area contributed by atoms with Crippen LogP contribution < -0.4 is 5.32 Å². The van der Waals surface area contributed by atoms with Crippen LogP contribution in [0, 0.1) is 12.7 Å². The number of rotatable bonds is 9. The van der Waals surface area contributed by atoms with E-state index >= 15 is 0 Å². The van der Waals surface area contributed by atoms with Crippen molar-refractivity contribution in [1.82, 2.24) is 10.2 Å². The molecule has 1 aliphatic carbocycles. The SMILES string of the molecule is Cc1cccc(CN(C(=O)CSCc2ccc(F)cc2)[C@H](C)C(=O)NC2CCCC2)c1. The molecule has 0 unspecified atom stereocenters. The van der Waals surface area contributed by atoms with Gasteiger partial charge in [-0.05, 0) is 49.9 Å². The van der Waals surface area contributed by atoms with Gasteiger partial charge in [-0.3, -0.25) is 9.59 Å². The molecular formula is C25H31FN2O2S. The second-order valence-electron chi connectivity index (χ2n) is 8.30. The fourth-order valence-corrected chi connectivity index (χ4v) is 4.77. The zero-order valence-electron chi connectivity index (χ0n) is 18.3. The van der Waals surface area contributed by atoms with E-state index in [0.29, 0.717) is 12.3 Å². The lowest BCUT2D eigenvalue weighted by molar-refractivity contribution is -0.138. The van der Waals surface area contributed by atoms with Gasteiger partial charge < -0.3 is 10.2 Å². The molecule has 1 aliphatic rings. The lowest BCUT2D eigenvalue weighted by Crippen LogP contribution is -2.50. The fourth-order valence-electron chi connectivity index (χ4n) is 3.90. The third-order valence-electron chi connectivity index (χ3n) is 5.71. The summed E-state index contributed by atoms with van der Waals surface area (Å²) in [5.74, 6) is 0.465. The highest BCUT2D eigenvalue weighted by molar-refractivity contribution is 7.99.